The molecule has 0 aromatic heterocycles. The largest absolute Gasteiger partial charge is 0.380 e. The maximum atomic E-state index is 13.2. The van der Waals surface area contributed by atoms with Gasteiger partial charge in [0.2, 0.25) is 0 Å². The fraction of sp³-hybridized carbons (Fsp3) is 0.250. The molecule has 3 heteroatoms. The van der Waals surface area contributed by atoms with Crippen molar-refractivity contribution < 1.29 is 4.39 Å². The molecule has 0 radical (unpaired) electrons. The summed E-state index contributed by atoms with van der Waals surface area (Å²) in [5.74, 6) is 0.509. The summed E-state index contributed by atoms with van der Waals surface area (Å²) in [5, 5.41) is 3.31. The quantitative estimate of drug-likeness (QED) is 0.828. The van der Waals surface area contributed by atoms with Crippen LogP contribution in [0.25, 0.3) is 0 Å². The Morgan fingerprint density at radius 2 is 1.95 bits per heavy atom. The van der Waals surface area contributed by atoms with Crippen LogP contribution in [-0.4, -0.2) is 0 Å². The van der Waals surface area contributed by atoms with Gasteiger partial charge in [0.25, 0.3) is 0 Å². The van der Waals surface area contributed by atoms with E-state index in [1.807, 2.05) is 0 Å². The van der Waals surface area contributed by atoms with Crippen LogP contribution in [0.15, 0.2) is 46.9 Å². The highest BCUT2D eigenvalue weighted by molar-refractivity contribution is 9.10. The molecule has 1 N–H and O–H groups in total. The second kappa shape index (κ2) is 5.33. The maximum Gasteiger partial charge on any atom is 0.125 e. The van der Waals surface area contributed by atoms with Crippen LogP contribution in [0, 0.1) is 5.82 Å². The minimum atomic E-state index is -0.221. The van der Waals surface area contributed by atoms with Gasteiger partial charge in [0.15, 0.2) is 0 Å². The van der Waals surface area contributed by atoms with E-state index >= 15 is 0 Å². The summed E-state index contributed by atoms with van der Waals surface area (Å²) < 4.78 is 14.1. The summed E-state index contributed by atoms with van der Waals surface area (Å²) in [7, 11) is 0. The lowest BCUT2D eigenvalue weighted by Gasteiger charge is -2.12. The van der Waals surface area contributed by atoms with Gasteiger partial charge in [-0.05, 0) is 64.0 Å². The highest BCUT2D eigenvalue weighted by atomic mass is 79.9. The average molecular weight is 320 g/mol. The molecule has 1 nitrogen and oxygen atoms in total. The van der Waals surface area contributed by atoms with Crippen molar-refractivity contribution >= 4 is 21.6 Å². The fourth-order valence-corrected chi connectivity index (χ4v) is 2.70. The molecule has 2 aromatic rings. The molecule has 1 aliphatic carbocycles. The highest BCUT2D eigenvalue weighted by Gasteiger charge is 2.25. The van der Waals surface area contributed by atoms with Gasteiger partial charge in [0.1, 0.15) is 5.82 Å². The molecule has 0 amide bonds. The number of rotatable bonds is 4. The SMILES string of the molecule is Fc1ccc(Br)c(NCc2ccccc2C2CC2)c1. The zero-order chi connectivity index (χ0) is 13.2. The molecule has 0 unspecified atom stereocenters. The van der Waals surface area contributed by atoms with E-state index in [-0.39, 0.29) is 5.82 Å². The lowest BCUT2D eigenvalue weighted by Crippen LogP contribution is -2.03. The minimum Gasteiger partial charge on any atom is -0.380 e. The summed E-state index contributed by atoms with van der Waals surface area (Å²) in [6, 6.07) is 13.2. The summed E-state index contributed by atoms with van der Waals surface area (Å²) in [6.45, 7) is 0.731. The molecule has 3 rings (SSSR count). The third-order valence-electron chi connectivity index (χ3n) is 3.47. The van der Waals surface area contributed by atoms with Crippen LogP contribution in [0.1, 0.15) is 29.9 Å². The van der Waals surface area contributed by atoms with Gasteiger partial charge in [-0.3, -0.25) is 0 Å². The van der Waals surface area contributed by atoms with Gasteiger partial charge in [-0.1, -0.05) is 24.3 Å². The Morgan fingerprint density at radius 3 is 2.74 bits per heavy atom. The van der Waals surface area contributed by atoms with Crippen LogP contribution >= 0.6 is 15.9 Å². The van der Waals surface area contributed by atoms with E-state index in [1.54, 1.807) is 6.07 Å². The van der Waals surface area contributed by atoms with Crippen LogP contribution in [0.4, 0.5) is 10.1 Å². The van der Waals surface area contributed by atoms with Crippen molar-refractivity contribution in [1.29, 1.82) is 0 Å². The molecule has 0 bridgehead atoms. The third-order valence-corrected chi connectivity index (χ3v) is 4.16. The van der Waals surface area contributed by atoms with E-state index in [2.05, 4.69) is 45.5 Å². The predicted octanol–water partition coefficient (Wildman–Crippen LogP) is 5.08. The highest BCUT2D eigenvalue weighted by Crippen LogP contribution is 2.41. The number of hydrogen-bond acceptors (Lipinski definition) is 1. The van der Waals surface area contributed by atoms with Crippen LogP contribution in [0.5, 0.6) is 0 Å². The number of hydrogen-bond donors (Lipinski definition) is 1. The molecular weight excluding hydrogens is 305 g/mol. The van der Waals surface area contributed by atoms with E-state index in [0.717, 1.165) is 22.6 Å². The van der Waals surface area contributed by atoms with E-state index in [1.165, 1.54) is 36.1 Å². The van der Waals surface area contributed by atoms with Crippen molar-refractivity contribution in [3.63, 3.8) is 0 Å². The molecule has 1 fully saturated rings. The van der Waals surface area contributed by atoms with Gasteiger partial charge in [-0.2, -0.15) is 0 Å². The fourth-order valence-electron chi connectivity index (χ4n) is 2.31. The second-order valence-corrected chi connectivity index (χ2v) is 5.81. The van der Waals surface area contributed by atoms with E-state index < -0.39 is 0 Å². The summed E-state index contributed by atoms with van der Waals surface area (Å²) in [5.41, 5.74) is 3.54. The summed E-state index contributed by atoms with van der Waals surface area (Å²) in [6.07, 6.45) is 2.58. The summed E-state index contributed by atoms with van der Waals surface area (Å²) >= 11 is 3.43. The standard InChI is InChI=1S/C16H15BrFN/c17-15-8-7-13(18)9-16(15)19-10-12-3-1-2-4-14(12)11-5-6-11/h1-4,7-9,11,19H,5-6,10H2. The van der Waals surface area contributed by atoms with Gasteiger partial charge in [-0.25, -0.2) is 4.39 Å². The van der Waals surface area contributed by atoms with Crippen molar-refractivity contribution in [2.75, 3.05) is 5.32 Å². The van der Waals surface area contributed by atoms with Crippen LogP contribution in [0.3, 0.4) is 0 Å². The molecule has 0 aliphatic heterocycles. The van der Waals surface area contributed by atoms with Crippen molar-refractivity contribution in [2.24, 2.45) is 0 Å². The monoisotopic (exact) mass is 319 g/mol. The smallest absolute Gasteiger partial charge is 0.125 e. The molecular formula is C16H15BrFN. The lowest BCUT2D eigenvalue weighted by atomic mass is 10.0. The first-order chi connectivity index (χ1) is 9.24. The third kappa shape index (κ3) is 2.98. The molecule has 0 saturated heterocycles. The number of nitrogens with one attached hydrogen (secondary N) is 1. The maximum absolute atomic E-state index is 13.2. The van der Waals surface area contributed by atoms with Crippen molar-refractivity contribution in [1.82, 2.24) is 0 Å². The topological polar surface area (TPSA) is 12.0 Å². The predicted molar refractivity (Wildman–Crippen MR) is 79.8 cm³/mol. The molecule has 0 heterocycles. The molecule has 2 aromatic carbocycles. The molecule has 0 spiro atoms. The Labute approximate surface area is 121 Å². The zero-order valence-electron chi connectivity index (χ0n) is 10.5. The van der Waals surface area contributed by atoms with Gasteiger partial charge in [-0.15, -0.1) is 0 Å². The Kier molecular flexibility index (Phi) is 3.56. The van der Waals surface area contributed by atoms with Gasteiger partial charge >= 0.3 is 0 Å². The van der Waals surface area contributed by atoms with Crippen LogP contribution < -0.4 is 5.32 Å². The Balaban J connectivity index is 1.77. The summed E-state index contributed by atoms with van der Waals surface area (Å²) in [4.78, 5) is 0. The molecule has 1 aliphatic rings. The van der Waals surface area contributed by atoms with Gasteiger partial charge in [0, 0.05) is 11.0 Å². The Morgan fingerprint density at radius 1 is 1.16 bits per heavy atom. The first-order valence-electron chi connectivity index (χ1n) is 6.51. The minimum absolute atomic E-state index is 0.221. The van der Waals surface area contributed by atoms with Crippen LogP contribution in [0.2, 0.25) is 0 Å². The Hall–Kier alpha value is -1.35. The first kappa shape index (κ1) is 12.7. The number of halogens is 2. The normalized spacial score (nSPS) is 14.4. The number of anilines is 1. The van der Waals surface area contributed by atoms with Crippen molar-refractivity contribution in [3.05, 3.63) is 63.9 Å². The van der Waals surface area contributed by atoms with Gasteiger partial charge in [0.05, 0.1) is 5.69 Å². The Bertz CT molecular complexity index is 593. The first-order valence-corrected chi connectivity index (χ1v) is 7.30. The van der Waals surface area contributed by atoms with Crippen molar-refractivity contribution in [3.8, 4) is 0 Å². The van der Waals surface area contributed by atoms with Crippen LogP contribution in [-0.2, 0) is 6.54 Å². The average Bonchev–Trinajstić information content (AvgIpc) is 3.25. The number of benzene rings is 2. The molecule has 98 valence electrons. The zero-order valence-corrected chi connectivity index (χ0v) is 12.1. The van der Waals surface area contributed by atoms with Crippen molar-refractivity contribution in [2.45, 2.75) is 25.3 Å². The molecule has 1 saturated carbocycles. The molecule has 19 heavy (non-hydrogen) atoms. The second-order valence-electron chi connectivity index (χ2n) is 4.95. The lowest BCUT2D eigenvalue weighted by molar-refractivity contribution is 0.628. The van der Waals surface area contributed by atoms with E-state index in [9.17, 15) is 4.39 Å². The van der Waals surface area contributed by atoms with E-state index in [4.69, 9.17) is 0 Å². The van der Waals surface area contributed by atoms with Gasteiger partial charge < -0.3 is 5.32 Å². The molecule has 0 atom stereocenters. The van der Waals surface area contributed by atoms with E-state index in [0.29, 0.717) is 0 Å².